The molecule has 1 atom stereocenters. The number of alkyl halides is 3. The molecule has 0 aromatic heterocycles. The fourth-order valence-corrected chi connectivity index (χ4v) is 2.09. The molecule has 6 heteroatoms. The van der Waals surface area contributed by atoms with Gasteiger partial charge in [-0.3, -0.25) is 0 Å². The van der Waals surface area contributed by atoms with Crippen molar-refractivity contribution in [3.8, 4) is 11.5 Å². The first-order valence-electron chi connectivity index (χ1n) is 5.29. The Labute approximate surface area is 111 Å². The molecule has 2 nitrogen and oxygen atoms in total. The molecule has 18 heavy (non-hydrogen) atoms. The summed E-state index contributed by atoms with van der Waals surface area (Å²) < 4.78 is 48.8. The number of ether oxygens (including phenoxy) is 2. The smallest absolute Gasteiger partial charge is 0.429 e. The van der Waals surface area contributed by atoms with E-state index in [1.54, 1.807) is 19.1 Å². The van der Waals surface area contributed by atoms with Crippen molar-refractivity contribution in [1.29, 1.82) is 0 Å². The first-order valence-corrected chi connectivity index (χ1v) is 6.09. The summed E-state index contributed by atoms with van der Waals surface area (Å²) in [4.78, 5) is 0. The highest BCUT2D eigenvalue weighted by Gasteiger charge is 2.42. The largest absolute Gasteiger partial charge is 0.490 e. The zero-order chi connectivity index (χ0) is 13.3. The number of hydrogen-bond donors (Lipinski definition) is 0. The van der Waals surface area contributed by atoms with Crippen molar-refractivity contribution in [2.45, 2.75) is 19.2 Å². The van der Waals surface area contributed by atoms with Crippen molar-refractivity contribution in [1.82, 2.24) is 0 Å². The Morgan fingerprint density at radius 1 is 1.39 bits per heavy atom. The molecular weight excluding hydrogens is 313 g/mol. The van der Waals surface area contributed by atoms with E-state index in [4.69, 9.17) is 9.47 Å². The first-order chi connectivity index (χ1) is 8.41. The van der Waals surface area contributed by atoms with Crippen molar-refractivity contribution in [2.75, 3.05) is 6.61 Å². The lowest BCUT2D eigenvalue weighted by molar-refractivity contribution is -0.180. The zero-order valence-corrected chi connectivity index (χ0v) is 11.0. The molecule has 98 valence electrons. The third-order valence-corrected chi connectivity index (χ3v) is 2.82. The van der Waals surface area contributed by atoms with Crippen LogP contribution in [0.15, 0.2) is 22.7 Å². The van der Waals surface area contributed by atoms with Crippen molar-refractivity contribution >= 4 is 22.0 Å². The number of halogens is 4. The standard InChI is InChI=1S/C12H10BrF3O2/c1-2-17-9-6-8(13)5-7-3-4-10(12(14,15)16)18-11(7)9/h3-6,10H,2H2,1H3. The van der Waals surface area contributed by atoms with Crippen molar-refractivity contribution in [3.05, 3.63) is 28.2 Å². The molecule has 0 fully saturated rings. The lowest BCUT2D eigenvalue weighted by atomic mass is 10.1. The van der Waals surface area contributed by atoms with Crippen LogP contribution in [0.5, 0.6) is 11.5 Å². The second kappa shape index (κ2) is 4.84. The molecule has 1 aromatic rings. The van der Waals surface area contributed by atoms with Crippen LogP contribution in [0.2, 0.25) is 0 Å². The minimum atomic E-state index is -4.43. The van der Waals surface area contributed by atoms with Crippen LogP contribution in [0.25, 0.3) is 6.08 Å². The van der Waals surface area contributed by atoms with Gasteiger partial charge >= 0.3 is 6.18 Å². The van der Waals surface area contributed by atoms with Crippen LogP contribution in [0.4, 0.5) is 13.2 Å². The van der Waals surface area contributed by atoms with Gasteiger partial charge in [0.25, 0.3) is 0 Å². The number of fused-ring (bicyclic) bond motifs is 1. The highest BCUT2D eigenvalue weighted by Crippen LogP contribution is 2.41. The molecule has 0 spiro atoms. The Balaban J connectivity index is 2.41. The van der Waals surface area contributed by atoms with Gasteiger partial charge in [-0.05, 0) is 25.1 Å². The van der Waals surface area contributed by atoms with E-state index in [9.17, 15) is 13.2 Å². The zero-order valence-electron chi connectivity index (χ0n) is 9.42. The molecule has 2 rings (SSSR count). The fourth-order valence-electron chi connectivity index (χ4n) is 1.63. The number of hydrogen-bond acceptors (Lipinski definition) is 2. The molecule has 1 unspecified atom stereocenters. The average molecular weight is 323 g/mol. The van der Waals surface area contributed by atoms with Crippen molar-refractivity contribution in [2.24, 2.45) is 0 Å². The highest BCUT2D eigenvalue weighted by atomic mass is 79.9. The maximum atomic E-state index is 12.6. The number of rotatable bonds is 2. The van der Waals surface area contributed by atoms with Gasteiger partial charge in [0.05, 0.1) is 6.61 Å². The summed E-state index contributed by atoms with van der Waals surface area (Å²) in [7, 11) is 0. The molecule has 0 saturated heterocycles. The molecule has 1 aliphatic heterocycles. The summed E-state index contributed by atoms with van der Waals surface area (Å²) in [6, 6.07) is 3.27. The number of benzene rings is 1. The minimum absolute atomic E-state index is 0.130. The summed E-state index contributed by atoms with van der Waals surface area (Å²) in [5, 5.41) is 0. The van der Waals surface area contributed by atoms with Crippen LogP contribution in [0.3, 0.4) is 0 Å². The van der Waals surface area contributed by atoms with Crippen LogP contribution in [-0.2, 0) is 0 Å². The lowest BCUT2D eigenvalue weighted by Crippen LogP contribution is -2.34. The van der Waals surface area contributed by atoms with Crippen LogP contribution < -0.4 is 9.47 Å². The normalized spacial score (nSPS) is 18.2. The van der Waals surface area contributed by atoms with E-state index in [1.807, 2.05) is 0 Å². The maximum Gasteiger partial charge on any atom is 0.429 e. The summed E-state index contributed by atoms with van der Waals surface area (Å²) in [6.45, 7) is 2.11. The molecule has 0 radical (unpaired) electrons. The van der Waals surface area contributed by atoms with Gasteiger partial charge in [-0.15, -0.1) is 0 Å². The van der Waals surface area contributed by atoms with Crippen LogP contribution in [0, 0.1) is 0 Å². The molecule has 0 bridgehead atoms. The molecular formula is C12H10BrF3O2. The monoisotopic (exact) mass is 322 g/mol. The molecule has 0 saturated carbocycles. The Kier molecular flexibility index (Phi) is 3.56. The van der Waals surface area contributed by atoms with E-state index >= 15 is 0 Å². The van der Waals surface area contributed by atoms with E-state index in [1.165, 1.54) is 6.08 Å². The van der Waals surface area contributed by atoms with E-state index in [0.29, 0.717) is 17.9 Å². The van der Waals surface area contributed by atoms with Gasteiger partial charge in [-0.2, -0.15) is 13.2 Å². The average Bonchev–Trinajstić information content (AvgIpc) is 2.27. The molecule has 1 heterocycles. The molecule has 0 N–H and O–H groups in total. The van der Waals surface area contributed by atoms with Gasteiger partial charge in [0.1, 0.15) is 0 Å². The van der Waals surface area contributed by atoms with Crippen LogP contribution >= 0.6 is 15.9 Å². The SMILES string of the molecule is CCOc1cc(Br)cc2c1OC(C(F)(F)F)C=C2. The predicted octanol–water partition coefficient (Wildman–Crippen LogP) is 4.18. The van der Waals surface area contributed by atoms with Gasteiger partial charge in [0.2, 0.25) is 6.10 Å². The van der Waals surface area contributed by atoms with Crippen LogP contribution in [0.1, 0.15) is 12.5 Å². The highest BCUT2D eigenvalue weighted by molar-refractivity contribution is 9.10. The third-order valence-electron chi connectivity index (χ3n) is 2.37. The molecule has 0 aliphatic carbocycles. The van der Waals surface area contributed by atoms with Crippen molar-refractivity contribution in [3.63, 3.8) is 0 Å². The Morgan fingerprint density at radius 3 is 2.72 bits per heavy atom. The van der Waals surface area contributed by atoms with Crippen LogP contribution in [-0.4, -0.2) is 18.9 Å². The summed E-state index contributed by atoms with van der Waals surface area (Å²) in [5.41, 5.74) is 0.563. The summed E-state index contributed by atoms with van der Waals surface area (Å²) in [6.07, 6.45) is -3.97. The quantitative estimate of drug-likeness (QED) is 0.813. The van der Waals surface area contributed by atoms with Gasteiger partial charge in [0, 0.05) is 10.0 Å². The van der Waals surface area contributed by atoms with Gasteiger partial charge in [-0.1, -0.05) is 22.0 Å². The minimum Gasteiger partial charge on any atom is -0.490 e. The summed E-state index contributed by atoms with van der Waals surface area (Å²) in [5.74, 6) is 0.436. The molecule has 0 amide bonds. The fraction of sp³-hybridized carbons (Fsp3) is 0.333. The van der Waals surface area contributed by atoms with Gasteiger partial charge in [0.15, 0.2) is 11.5 Å². The Morgan fingerprint density at radius 2 is 2.11 bits per heavy atom. The first kappa shape index (κ1) is 13.3. The van der Waals surface area contributed by atoms with Crippen molar-refractivity contribution < 1.29 is 22.6 Å². The van der Waals surface area contributed by atoms with E-state index in [-0.39, 0.29) is 5.75 Å². The molecule has 1 aromatic carbocycles. The van der Waals surface area contributed by atoms with Gasteiger partial charge < -0.3 is 9.47 Å². The van der Waals surface area contributed by atoms with E-state index in [0.717, 1.165) is 10.5 Å². The summed E-state index contributed by atoms with van der Waals surface area (Å²) >= 11 is 3.27. The Hall–Kier alpha value is -1.17. The van der Waals surface area contributed by atoms with E-state index in [2.05, 4.69) is 15.9 Å². The second-order valence-electron chi connectivity index (χ2n) is 3.69. The van der Waals surface area contributed by atoms with E-state index < -0.39 is 12.3 Å². The Bertz CT molecular complexity index is 483. The second-order valence-corrected chi connectivity index (χ2v) is 4.61. The lowest BCUT2D eigenvalue weighted by Gasteiger charge is -2.25. The van der Waals surface area contributed by atoms with Gasteiger partial charge in [-0.25, -0.2) is 0 Å². The predicted molar refractivity (Wildman–Crippen MR) is 64.8 cm³/mol. The molecule has 1 aliphatic rings. The maximum absolute atomic E-state index is 12.6. The topological polar surface area (TPSA) is 18.5 Å². The third kappa shape index (κ3) is 2.63.